The lowest BCUT2D eigenvalue weighted by atomic mass is 10.4. The number of anilines is 1. The first-order chi connectivity index (χ1) is 8.17. The van der Waals surface area contributed by atoms with Crippen molar-refractivity contribution in [2.24, 2.45) is 5.84 Å². The number of hydrogen-bond donors (Lipinski definition) is 2. The molecule has 0 radical (unpaired) electrons. The van der Waals surface area contributed by atoms with Crippen molar-refractivity contribution in [2.75, 3.05) is 5.43 Å². The third-order valence-electron chi connectivity index (χ3n) is 1.86. The van der Waals surface area contributed by atoms with Gasteiger partial charge in [-0.25, -0.2) is 10.8 Å². The van der Waals surface area contributed by atoms with Crippen molar-refractivity contribution in [3.63, 3.8) is 0 Å². The fourth-order valence-electron chi connectivity index (χ4n) is 1.24. The van der Waals surface area contributed by atoms with E-state index in [4.69, 9.17) is 22.2 Å². The maximum Gasteiger partial charge on any atom is 0.224 e. The molecule has 0 aliphatic rings. The molecule has 2 aromatic heterocycles. The zero-order valence-corrected chi connectivity index (χ0v) is 9.77. The SMILES string of the molecule is Cc1nc(NN)cc(Oc2cncc(Cl)c2)n1. The Morgan fingerprint density at radius 2 is 2.12 bits per heavy atom. The Morgan fingerprint density at radius 1 is 1.29 bits per heavy atom. The number of rotatable bonds is 3. The summed E-state index contributed by atoms with van der Waals surface area (Å²) in [6.07, 6.45) is 3.06. The van der Waals surface area contributed by atoms with E-state index in [-0.39, 0.29) is 0 Å². The van der Waals surface area contributed by atoms with Gasteiger partial charge in [-0.15, -0.1) is 0 Å². The fraction of sp³-hybridized carbons (Fsp3) is 0.100. The first kappa shape index (κ1) is 11.6. The van der Waals surface area contributed by atoms with E-state index in [9.17, 15) is 0 Å². The van der Waals surface area contributed by atoms with Gasteiger partial charge < -0.3 is 10.2 Å². The van der Waals surface area contributed by atoms with E-state index in [1.165, 1.54) is 6.20 Å². The molecular formula is C10H10ClN5O. The highest BCUT2D eigenvalue weighted by Gasteiger charge is 2.04. The first-order valence-electron chi connectivity index (χ1n) is 4.78. The van der Waals surface area contributed by atoms with Gasteiger partial charge in [0.25, 0.3) is 0 Å². The standard InChI is InChI=1S/C10H10ClN5O/c1-6-14-9(16-12)3-10(15-6)17-8-2-7(11)4-13-5-8/h2-5H,12H2,1H3,(H,14,15,16). The van der Waals surface area contributed by atoms with E-state index in [2.05, 4.69) is 20.4 Å². The average Bonchev–Trinajstić information content (AvgIpc) is 2.28. The summed E-state index contributed by atoms with van der Waals surface area (Å²) in [4.78, 5) is 12.1. The fourth-order valence-corrected chi connectivity index (χ4v) is 1.40. The van der Waals surface area contributed by atoms with Crippen LogP contribution in [0.2, 0.25) is 5.02 Å². The van der Waals surface area contributed by atoms with Crippen LogP contribution < -0.4 is 16.0 Å². The second kappa shape index (κ2) is 4.94. The van der Waals surface area contributed by atoms with E-state index in [0.717, 1.165) is 0 Å². The normalized spacial score (nSPS) is 10.1. The number of ether oxygens (including phenoxy) is 1. The summed E-state index contributed by atoms with van der Waals surface area (Å²) in [5.41, 5.74) is 2.43. The number of nitrogen functional groups attached to an aromatic ring is 1. The predicted molar refractivity (Wildman–Crippen MR) is 63.9 cm³/mol. The van der Waals surface area contributed by atoms with Crippen LogP contribution in [-0.2, 0) is 0 Å². The molecule has 2 aromatic rings. The summed E-state index contributed by atoms with van der Waals surface area (Å²) >= 11 is 5.79. The summed E-state index contributed by atoms with van der Waals surface area (Å²) in [5, 5.41) is 0.491. The average molecular weight is 252 g/mol. The van der Waals surface area contributed by atoms with E-state index in [1.807, 2.05) is 0 Å². The molecule has 17 heavy (non-hydrogen) atoms. The highest BCUT2D eigenvalue weighted by atomic mass is 35.5. The van der Waals surface area contributed by atoms with Crippen LogP contribution >= 0.6 is 11.6 Å². The number of halogens is 1. The number of aromatic nitrogens is 3. The number of pyridine rings is 1. The Morgan fingerprint density at radius 3 is 2.82 bits per heavy atom. The van der Waals surface area contributed by atoms with E-state index in [0.29, 0.717) is 28.3 Å². The lowest BCUT2D eigenvalue weighted by molar-refractivity contribution is 0.458. The summed E-state index contributed by atoms with van der Waals surface area (Å²) in [7, 11) is 0. The number of hydrogen-bond acceptors (Lipinski definition) is 6. The van der Waals surface area contributed by atoms with Crippen molar-refractivity contribution in [1.29, 1.82) is 0 Å². The molecule has 0 fully saturated rings. The van der Waals surface area contributed by atoms with Gasteiger partial charge in [-0.3, -0.25) is 4.98 Å². The second-order valence-electron chi connectivity index (χ2n) is 3.22. The maximum absolute atomic E-state index is 5.79. The van der Waals surface area contributed by atoms with Gasteiger partial charge in [0.15, 0.2) is 0 Å². The molecule has 6 nitrogen and oxygen atoms in total. The summed E-state index contributed by atoms with van der Waals surface area (Å²) in [5.74, 6) is 7.17. The van der Waals surface area contributed by atoms with Crippen LogP contribution in [0.5, 0.6) is 11.6 Å². The molecule has 0 aliphatic heterocycles. The minimum atomic E-state index is 0.370. The van der Waals surface area contributed by atoms with Crippen LogP contribution in [0.25, 0.3) is 0 Å². The summed E-state index contributed by atoms with van der Waals surface area (Å²) in [6, 6.07) is 3.22. The molecule has 2 rings (SSSR count). The van der Waals surface area contributed by atoms with Crippen LogP contribution in [0.1, 0.15) is 5.82 Å². The number of nitrogens with two attached hydrogens (primary N) is 1. The Kier molecular flexibility index (Phi) is 3.36. The second-order valence-corrected chi connectivity index (χ2v) is 3.66. The van der Waals surface area contributed by atoms with Gasteiger partial charge in [0.1, 0.15) is 17.4 Å². The van der Waals surface area contributed by atoms with Gasteiger partial charge in [0, 0.05) is 18.3 Å². The van der Waals surface area contributed by atoms with Crippen LogP contribution in [0.4, 0.5) is 5.82 Å². The third-order valence-corrected chi connectivity index (χ3v) is 2.07. The molecule has 0 spiro atoms. The lowest BCUT2D eigenvalue weighted by Gasteiger charge is -2.07. The monoisotopic (exact) mass is 251 g/mol. The zero-order chi connectivity index (χ0) is 12.3. The van der Waals surface area contributed by atoms with E-state index < -0.39 is 0 Å². The Balaban J connectivity index is 2.26. The van der Waals surface area contributed by atoms with Crippen molar-refractivity contribution in [1.82, 2.24) is 15.0 Å². The van der Waals surface area contributed by atoms with Crippen molar-refractivity contribution < 1.29 is 4.74 Å². The van der Waals surface area contributed by atoms with Gasteiger partial charge in [-0.05, 0) is 6.92 Å². The quantitative estimate of drug-likeness (QED) is 0.640. The molecule has 3 N–H and O–H groups in total. The lowest BCUT2D eigenvalue weighted by Crippen LogP contribution is -2.09. The van der Waals surface area contributed by atoms with Gasteiger partial charge in [-0.2, -0.15) is 4.98 Å². The van der Waals surface area contributed by atoms with Crippen LogP contribution in [0.15, 0.2) is 24.5 Å². The summed E-state index contributed by atoms with van der Waals surface area (Å²) < 4.78 is 5.49. The highest BCUT2D eigenvalue weighted by Crippen LogP contribution is 2.22. The predicted octanol–water partition coefficient (Wildman–Crippen LogP) is 1.91. The molecule has 2 heterocycles. The van der Waals surface area contributed by atoms with Crippen molar-refractivity contribution >= 4 is 17.4 Å². The molecule has 0 aromatic carbocycles. The molecule has 88 valence electrons. The number of nitrogens with zero attached hydrogens (tertiary/aromatic N) is 3. The largest absolute Gasteiger partial charge is 0.437 e. The van der Waals surface area contributed by atoms with Crippen LogP contribution in [0, 0.1) is 6.92 Å². The van der Waals surface area contributed by atoms with Gasteiger partial charge in [-0.1, -0.05) is 11.6 Å². The van der Waals surface area contributed by atoms with E-state index in [1.54, 1.807) is 25.3 Å². The molecule has 0 atom stereocenters. The molecule has 0 unspecified atom stereocenters. The summed E-state index contributed by atoms with van der Waals surface area (Å²) in [6.45, 7) is 1.74. The molecule has 0 saturated carbocycles. The Bertz CT molecular complexity index is 534. The van der Waals surface area contributed by atoms with E-state index >= 15 is 0 Å². The Hall–Kier alpha value is -1.92. The first-order valence-corrected chi connectivity index (χ1v) is 5.16. The van der Waals surface area contributed by atoms with Crippen molar-refractivity contribution in [2.45, 2.75) is 6.92 Å². The van der Waals surface area contributed by atoms with Gasteiger partial charge >= 0.3 is 0 Å². The molecular weight excluding hydrogens is 242 g/mol. The zero-order valence-electron chi connectivity index (χ0n) is 9.01. The topological polar surface area (TPSA) is 86.0 Å². The molecule has 0 bridgehead atoms. The van der Waals surface area contributed by atoms with Crippen molar-refractivity contribution in [3.05, 3.63) is 35.4 Å². The minimum absolute atomic E-state index is 0.370. The molecule has 7 heteroatoms. The maximum atomic E-state index is 5.79. The van der Waals surface area contributed by atoms with Gasteiger partial charge in [0.05, 0.1) is 11.2 Å². The Labute approximate surface area is 103 Å². The number of hydrazine groups is 1. The van der Waals surface area contributed by atoms with Crippen molar-refractivity contribution in [3.8, 4) is 11.6 Å². The minimum Gasteiger partial charge on any atom is -0.437 e. The number of aryl methyl sites for hydroxylation is 1. The van der Waals surface area contributed by atoms with Crippen LogP contribution in [-0.4, -0.2) is 15.0 Å². The highest BCUT2D eigenvalue weighted by molar-refractivity contribution is 6.30. The smallest absolute Gasteiger partial charge is 0.224 e. The number of nitrogens with one attached hydrogen (secondary N) is 1. The molecule has 0 aliphatic carbocycles. The third kappa shape index (κ3) is 3.02. The molecule has 0 amide bonds. The molecule has 0 saturated heterocycles. The van der Waals surface area contributed by atoms with Gasteiger partial charge in [0.2, 0.25) is 5.88 Å². The van der Waals surface area contributed by atoms with Crippen LogP contribution in [0.3, 0.4) is 0 Å².